The Balaban J connectivity index is 2.89. The second-order valence-corrected chi connectivity index (χ2v) is 4.92. The molecule has 0 amide bonds. The fourth-order valence-electron chi connectivity index (χ4n) is 1.30. The van der Waals surface area contributed by atoms with Gasteiger partial charge in [-0.1, -0.05) is 13.8 Å². The Bertz CT molecular complexity index is 360. The summed E-state index contributed by atoms with van der Waals surface area (Å²) in [4.78, 5) is 15.8. The van der Waals surface area contributed by atoms with Crippen LogP contribution in [0.2, 0.25) is 0 Å². The lowest BCUT2D eigenvalue weighted by atomic mass is 10.1. The standard InChI is InChI=1S/C10H16N2O2S/c1-5(2)10-12-6(3)9(15-10)7(11)4-8(13)14/h5,7H,4,11H2,1-3H3,(H,13,14). The Morgan fingerprint density at radius 2 is 2.20 bits per heavy atom. The van der Waals surface area contributed by atoms with Crippen LogP contribution in [-0.4, -0.2) is 16.1 Å². The summed E-state index contributed by atoms with van der Waals surface area (Å²) < 4.78 is 0. The molecule has 0 spiro atoms. The van der Waals surface area contributed by atoms with E-state index in [2.05, 4.69) is 18.8 Å². The molecule has 0 aliphatic rings. The maximum atomic E-state index is 10.5. The molecule has 0 saturated carbocycles. The third-order valence-corrected chi connectivity index (χ3v) is 3.66. The molecular weight excluding hydrogens is 212 g/mol. The van der Waals surface area contributed by atoms with E-state index in [1.165, 1.54) is 11.3 Å². The van der Waals surface area contributed by atoms with Gasteiger partial charge in [0, 0.05) is 10.8 Å². The smallest absolute Gasteiger partial charge is 0.305 e. The number of nitrogens with zero attached hydrogens (tertiary/aromatic N) is 1. The first-order valence-corrected chi connectivity index (χ1v) is 5.68. The number of rotatable bonds is 4. The van der Waals surface area contributed by atoms with Crippen LogP contribution in [0.15, 0.2) is 0 Å². The van der Waals surface area contributed by atoms with E-state index in [-0.39, 0.29) is 6.42 Å². The molecule has 0 aromatic carbocycles. The number of carboxylic acid groups (broad SMARTS) is 1. The number of carbonyl (C=O) groups is 1. The molecule has 1 rings (SSSR count). The van der Waals surface area contributed by atoms with E-state index in [9.17, 15) is 4.79 Å². The van der Waals surface area contributed by atoms with E-state index in [4.69, 9.17) is 10.8 Å². The van der Waals surface area contributed by atoms with Crippen molar-refractivity contribution in [2.24, 2.45) is 5.73 Å². The summed E-state index contributed by atoms with van der Waals surface area (Å²) in [5.41, 5.74) is 6.66. The van der Waals surface area contributed by atoms with Gasteiger partial charge in [-0.25, -0.2) is 4.98 Å². The molecule has 1 unspecified atom stereocenters. The zero-order valence-electron chi connectivity index (χ0n) is 9.15. The maximum Gasteiger partial charge on any atom is 0.305 e. The third-order valence-electron chi connectivity index (χ3n) is 2.07. The molecule has 0 saturated heterocycles. The van der Waals surface area contributed by atoms with Gasteiger partial charge in [0.2, 0.25) is 0 Å². The summed E-state index contributed by atoms with van der Waals surface area (Å²) in [6.45, 7) is 6.00. The molecule has 4 nitrogen and oxygen atoms in total. The number of nitrogens with two attached hydrogens (primary N) is 1. The Morgan fingerprint density at radius 1 is 1.60 bits per heavy atom. The number of hydrogen-bond donors (Lipinski definition) is 2. The number of thiazole rings is 1. The van der Waals surface area contributed by atoms with Crippen molar-refractivity contribution in [1.29, 1.82) is 0 Å². The van der Waals surface area contributed by atoms with Crippen molar-refractivity contribution in [2.45, 2.75) is 39.2 Å². The van der Waals surface area contributed by atoms with Crippen LogP contribution in [0.3, 0.4) is 0 Å². The highest BCUT2D eigenvalue weighted by Gasteiger charge is 2.18. The Labute approximate surface area is 93.1 Å². The number of aromatic nitrogens is 1. The lowest BCUT2D eigenvalue weighted by Gasteiger charge is -2.06. The number of aryl methyl sites for hydroxylation is 1. The summed E-state index contributed by atoms with van der Waals surface area (Å²) in [6.07, 6.45) is -0.0411. The summed E-state index contributed by atoms with van der Waals surface area (Å²) in [6, 6.07) is -0.438. The first-order chi connectivity index (χ1) is 6.91. The highest BCUT2D eigenvalue weighted by atomic mass is 32.1. The van der Waals surface area contributed by atoms with Crippen molar-refractivity contribution in [3.05, 3.63) is 15.6 Å². The van der Waals surface area contributed by atoms with Crippen molar-refractivity contribution in [2.75, 3.05) is 0 Å². The number of carboxylic acids is 1. The first kappa shape index (κ1) is 12.1. The second kappa shape index (κ2) is 4.72. The van der Waals surface area contributed by atoms with Crippen molar-refractivity contribution < 1.29 is 9.90 Å². The number of aliphatic carboxylic acids is 1. The van der Waals surface area contributed by atoms with Crippen molar-refractivity contribution >= 4 is 17.3 Å². The third kappa shape index (κ3) is 3.00. The van der Waals surface area contributed by atoms with Crippen LogP contribution in [0.4, 0.5) is 0 Å². The summed E-state index contributed by atoms with van der Waals surface area (Å²) in [5.74, 6) is -0.513. The second-order valence-electron chi connectivity index (χ2n) is 3.86. The molecule has 5 heteroatoms. The minimum absolute atomic E-state index is 0.0411. The van der Waals surface area contributed by atoms with E-state index >= 15 is 0 Å². The lowest BCUT2D eigenvalue weighted by Crippen LogP contribution is -2.14. The molecule has 0 bridgehead atoms. The molecule has 1 atom stereocenters. The first-order valence-electron chi connectivity index (χ1n) is 4.86. The van der Waals surface area contributed by atoms with Crippen molar-refractivity contribution in [3.63, 3.8) is 0 Å². The SMILES string of the molecule is Cc1nc(C(C)C)sc1C(N)CC(=O)O. The molecule has 0 fully saturated rings. The minimum Gasteiger partial charge on any atom is -0.481 e. The monoisotopic (exact) mass is 228 g/mol. The molecule has 15 heavy (non-hydrogen) atoms. The molecule has 0 radical (unpaired) electrons. The normalized spacial score (nSPS) is 13.1. The van der Waals surface area contributed by atoms with E-state index in [1.54, 1.807) is 0 Å². The van der Waals surface area contributed by atoms with E-state index in [0.717, 1.165) is 15.6 Å². The molecule has 3 N–H and O–H groups in total. The zero-order valence-corrected chi connectivity index (χ0v) is 9.97. The number of hydrogen-bond acceptors (Lipinski definition) is 4. The molecular formula is C10H16N2O2S. The highest BCUT2D eigenvalue weighted by Crippen LogP contribution is 2.29. The molecule has 1 heterocycles. The molecule has 84 valence electrons. The predicted molar refractivity (Wildman–Crippen MR) is 60.1 cm³/mol. The molecule has 1 aromatic rings. The topological polar surface area (TPSA) is 76.2 Å². The van der Waals surface area contributed by atoms with Crippen LogP contribution in [0.5, 0.6) is 0 Å². The van der Waals surface area contributed by atoms with Crippen LogP contribution in [0.25, 0.3) is 0 Å². The van der Waals surface area contributed by atoms with Crippen LogP contribution >= 0.6 is 11.3 Å². The Hall–Kier alpha value is -0.940. The molecule has 0 aliphatic carbocycles. The van der Waals surface area contributed by atoms with Gasteiger partial charge < -0.3 is 10.8 Å². The van der Waals surface area contributed by atoms with E-state index < -0.39 is 12.0 Å². The predicted octanol–water partition coefficient (Wildman–Crippen LogP) is 2.05. The molecule has 1 aromatic heterocycles. The van der Waals surface area contributed by atoms with Gasteiger partial charge in [0.15, 0.2) is 0 Å². The van der Waals surface area contributed by atoms with E-state index in [1.807, 2.05) is 6.92 Å². The van der Waals surface area contributed by atoms with Gasteiger partial charge in [-0.3, -0.25) is 4.79 Å². The average Bonchev–Trinajstić information content (AvgIpc) is 2.46. The van der Waals surface area contributed by atoms with Gasteiger partial charge in [-0.05, 0) is 6.92 Å². The highest BCUT2D eigenvalue weighted by molar-refractivity contribution is 7.11. The lowest BCUT2D eigenvalue weighted by molar-refractivity contribution is -0.137. The Morgan fingerprint density at radius 3 is 2.60 bits per heavy atom. The van der Waals surface area contributed by atoms with E-state index in [0.29, 0.717) is 5.92 Å². The average molecular weight is 228 g/mol. The fraction of sp³-hybridized carbons (Fsp3) is 0.600. The van der Waals surface area contributed by atoms with Gasteiger partial charge in [-0.15, -0.1) is 11.3 Å². The van der Waals surface area contributed by atoms with Gasteiger partial charge in [-0.2, -0.15) is 0 Å². The Kier molecular flexibility index (Phi) is 3.82. The molecule has 0 aliphatic heterocycles. The van der Waals surface area contributed by atoms with Crippen molar-refractivity contribution in [3.8, 4) is 0 Å². The summed E-state index contributed by atoms with van der Waals surface area (Å²) in [5, 5.41) is 9.67. The van der Waals surface area contributed by atoms with Crippen LogP contribution in [0, 0.1) is 6.92 Å². The van der Waals surface area contributed by atoms with Gasteiger partial charge in [0.05, 0.1) is 23.2 Å². The fourth-order valence-corrected chi connectivity index (χ4v) is 2.37. The van der Waals surface area contributed by atoms with Crippen LogP contribution in [-0.2, 0) is 4.79 Å². The van der Waals surface area contributed by atoms with Gasteiger partial charge in [0.25, 0.3) is 0 Å². The largest absolute Gasteiger partial charge is 0.481 e. The summed E-state index contributed by atoms with van der Waals surface area (Å²) in [7, 11) is 0. The summed E-state index contributed by atoms with van der Waals surface area (Å²) >= 11 is 1.52. The van der Waals surface area contributed by atoms with Gasteiger partial charge in [0.1, 0.15) is 0 Å². The maximum absolute atomic E-state index is 10.5. The quantitative estimate of drug-likeness (QED) is 0.827. The minimum atomic E-state index is -0.874. The van der Waals surface area contributed by atoms with Crippen molar-refractivity contribution in [1.82, 2.24) is 4.98 Å². The van der Waals surface area contributed by atoms with Crippen LogP contribution in [0.1, 0.15) is 47.8 Å². The van der Waals surface area contributed by atoms with Gasteiger partial charge >= 0.3 is 5.97 Å². The zero-order chi connectivity index (χ0) is 11.6. The van der Waals surface area contributed by atoms with Crippen LogP contribution < -0.4 is 5.73 Å².